The molecule has 2 aliphatic rings. The van der Waals surface area contributed by atoms with Gasteiger partial charge in [0.2, 0.25) is 0 Å². The number of carbonyl (C=O) groups excluding carboxylic acids is 1. The van der Waals surface area contributed by atoms with Crippen LogP contribution in [0.4, 0.5) is 11.4 Å². The fraction of sp³-hybridized carbons (Fsp3) is 0.417. The Morgan fingerprint density at radius 1 is 1.23 bits per heavy atom. The van der Waals surface area contributed by atoms with Crippen LogP contribution in [0.2, 0.25) is 0 Å². The lowest BCUT2D eigenvalue weighted by molar-refractivity contribution is 0.0909. The molecule has 31 heavy (non-hydrogen) atoms. The fourth-order valence-corrected chi connectivity index (χ4v) is 5.62. The summed E-state index contributed by atoms with van der Waals surface area (Å²) in [6, 6.07) is 10.2. The van der Waals surface area contributed by atoms with E-state index >= 15 is 0 Å². The predicted molar refractivity (Wildman–Crippen MR) is 126 cm³/mol. The molecule has 1 saturated heterocycles. The Morgan fingerprint density at radius 2 is 2.03 bits per heavy atom. The molecule has 0 bridgehead atoms. The molecule has 6 nitrogen and oxygen atoms in total. The van der Waals surface area contributed by atoms with E-state index in [1.165, 1.54) is 36.3 Å². The van der Waals surface area contributed by atoms with Crippen molar-refractivity contribution in [2.24, 2.45) is 0 Å². The third-order valence-electron chi connectivity index (χ3n) is 6.49. The standard InChI is InChI=1S/C24H28N4O2S/c1-14-6-8-18-21(25)22(31-24(18)26-14)23(29)27-19-13-30-20-12-16(7-9-17(20)15(19)2)28-10-4-3-5-11-28/h6-9,12,15,19H,3-5,10-11,13,25H2,1-2H3,(H,27,29)/t15-,19+/m1/s1. The van der Waals surface area contributed by atoms with Crippen molar-refractivity contribution in [3.05, 3.63) is 46.5 Å². The number of pyridine rings is 1. The number of piperidine rings is 1. The highest BCUT2D eigenvalue weighted by atomic mass is 32.1. The number of nitrogens with zero attached hydrogens (tertiary/aromatic N) is 2. The Hall–Kier alpha value is -2.80. The molecule has 3 aromatic rings. The summed E-state index contributed by atoms with van der Waals surface area (Å²) in [5.74, 6) is 0.924. The average molecular weight is 437 g/mol. The largest absolute Gasteiger partial charge is 0.491 e. The SMILES string of the molecule is Cc1ccc2c(N)c(C(=O)N[C@H]3COc4cc(N5CCCCC5)ccc4[C@H]3C)sc2n1. The number of thiophene rings is 1. The average Bonchev–Trinajstić information content (AvgIpc) is 3.11. The third-order valence-corrected chi connectivity index (χ3v) is 7.60. The predicted octanol–water partition coefficient (Wildman–Crippen LogP) is 4.47. The van der Waals surface area contributed by atoms with Crippen LogP contribution in [0.5, 0.6) is 5.75 Å². The second-order valence-corrected chi connectivity index (χ2v) is 9.60. The Labute approximate surface area is 186 Å². The highest BCUT2D eigenvalue weighted by molar-refractivity contribution is 7.21. The van der Waals surface area contributed by atoms with Crippen molar-refractivity contribution in [1.82, 2.24) is 10.3 Å². The summed E-state index contributed by atoms with van der Waals surface area (Å²) in [6.45, 7) is 6.75. The van der Waals surface area contributed by atoms with Gasteiger partial charge < -0.3 is 20.7 Å². The van der Waals surface area contributed by atoms with E-state index in [0.717, 1.165) is 40.3 Å². The number of ether oxygens (including phenoxy) is 1. The normalized spacial score (nSPS) is 20.9. The minimum atomic E-state index is -0.160. The van der Waals surface area contributed by atoms with E-state index in [1.807, 2.05) is 19.1 Å². The molecule has 0 saturated carbocycles. The van der Waals surface area contributed by atoms with Gasteiger partial charge in [-0.15, -0.1) is 11.3 Å². The van der Waals surface area contributed by atoms with E-state index in [-0.39, 0.29) is 17.9 Å². The smallest absolute Gasteiger partial charge is 0.263 e. The number of aryl methyl sites for hydroxylation is 1. The van der Waals surface area contributed by atoms with Crippen LogP contribution >= 0.6 is 11.3 Å². The van der Waals surface area contributed by atoms with Gasteiger partial charge in [-0.25, -0.2) is 4.98 Å². The van der Waals surface area contributed by atoms with Crippen LogP contribution < -0.4 is 20.7 Å². The van der Waals surface area contributed by atoms with Gasteiger partial charge in [0.1, 0.15) is 22.1 Å². The van der Waals surface area contributed by atoms with Crippen molar-refractivity contribution in [2.45, 2.75) is 45.1 Å². The molecule has 3 N–H and O–H groups in total. The minimum absolute atomic E-state index is 0.111. The van der Waals surface area contributed by atoms with Gasteiger partial charge in [0.25, 0.3) is 5.91 Å². The number of carbonyl (C=O) groups is 1. The van der Waals surface area contributed by atoms with Crippen LogP contribution in [-0.2, 0) is 0 Å². The van der Waals surface area contributed by atoms with Gasteiger partial charge in [0.05, 0.1) is 11.7 Å². The zero-order valence-electron chi connectivity index (χ0n) is 18.0. The van der Waals surface area contributed by atoms with E-state index in [1.54, 1.807) is 0 Å². The number of hydrogen-bond acceptors (Lipinski definition) is 6. The van der Waals surface area contributed by atoms with Crippen LogP contribution in [0.25, 0.3) is 10.2 Å². The van der Waals surface area contributed by atoms with Crippen molar-refractivity contribution in [3.63, 3.8) is 0 Å². The molecule has 5 rings (SSSR count). The Kier molecular flexibility index (Phi) is 5.22. The molecular weight excluding hydrogens is 408 g/mol. The lowest BCUT2D eigenvalue weighted by Gasteiger charge is -2.34. The van der Waals surface area contributed by atoms with Gasteiger partial charge in [0, 0.05) is 41.8 Å². The van der Waals surface area contributed by atoms with Crippen molar-refractivity contribution in [3.8, 4) is 5.75 Å². The van der Waals surface area contributed by atoms with Gasteiger partial charge >= 0.3 is 0 Å². The molecule has 0 unspecified atom stereocenters. The highest BCUT2D eigenvalue weighted by Gasteiger charge is 2.31. The molecule has 1 aromatic carbocycles. The molecule has 1 amide bonds. The van der Waals surface area contributed by atoms with E-state index in [2.05, 4.69) is 40.3 Å². The van der Waals surface area contributed by atoms with Crippen LogP contribution in [0, 0.1) is 6.92 Å². The molecule has 4 heterocycles. The summed E-state index contributed by atoms with van der Waals surface area (Å²) in [7, 11) is 0. The molecule has 1 fully saturated rings. The molecule has 7 heteroatoms. The van der Waals surface area contributed by atoms with Gasteiger partial charge in [-0.3, -0.25) is 4.79 Å². The summed E-state index contributed by atoms with van der Waals surface area (Å²) >= 11 is 1.34. The fourth-order valence-electron chi connectivity index (χ4n) is 4.57. The number of nitrogen functional groups attached to an aromatic ring is 1. The van der Waals surface area contributed by atoms with Crippen LogP contribution in [0.1, 0.15) is 53.0 Å². The number of benzene rings is 1. The zero-order valence-corrected chi connectivity index (χ0v) is 18.8. The second-order valence-electron chi connectivity index (χ2n) is 8.60. The number of aromatic nitrogens is 1. The molecule has 162 valence electrons. The van der Waals surface area contributed by atoms with Gasteiger partial charge in [-0.05, 0) is 49.9 Å². The number of anilines is 2. The van der Waals surface area contributed by atoms with Crippen LogP contribution in [0.15, 0.2) is 30.3 Å². The van der Waals surface area contributed by atoms with E-state index in [4.69, 9.17) is 10.5 Å². The topological polar surface area (TPSA) is 80.5 Å². The molecule has 2 aromatic heterocycles. The lowest BCUT2D eigenvalue weighted by Crippen LogP contribution is -2.44. The summed E-state index contributed by atoms with van der Waals surface area (Å²) in [4.78, 5) is 21.3. The van der Waals surface area contributed by atoms with Crippen molar-refractivity contribution in [1.29, 1.82) is 0 Å². The first-order chi connectivity index (χ1) is 15.0. The number of rotatable bonds is 3. The summed E-state index contributed by atoms with van der Waals surface area (Å²) < 4.78 is 6.10. The van der Waals surface area contributed by atoms with E-state index < -0.39 is 0 Å². The molecule has 0 aliphatic carbocycles. The van der Waals surface area contributed by atoms with E-state index in [9.17, 15) is 4.79 Å². The van der Waals surface area contributed by atoms with Gasteiger partial charge in [-0.2, -0.15) is 0 Å². The first-order valence-electron chi connectivity index (χ1n) is 11.0. The van der Waals surface area contributed by atoms with Crippen molar-refractivity contribution >= 4 is 38.8 Å². The monoisotopic (exact) mass is 436 g/mol. The maximum absolute atomic E-state index is 13.0. The second kappa shape index (κ2) is 8.04. The lowest BCUT2D eigenvalue weighted by atomic mass is 9.90. The summed E-state index contributed by atoms with van der Waals surface area (Å²) in [5, 5.41) is 3.99. The molecule has 0 spiro atoms. The minimum Gasteiger partial charge on any atom is -0.491 e. The van der Waals surface area contributed by atoms with Gasteiger partial charge in [0.15, 0.2) is 0 Å². The molecule has 2 atom stereocenters. The number of nitrogens with two attached hydrogens (primary N) is 1. The molecule has 2 aliphatic heterocycles. The molecule has 0 radical (unpaired) electrons. The summed E-state index contributed by atoms with van der Waals surface area (Å²) in [6.07, 6.45) is 3.81. The number of nitrogens with one attached hydrogen (secondary N) is 1. The van der Waals surface area contributed by atoms with Gasteiger partial charge in [-0.1, -0.05) is 13.0 Å². The zero-order chi connectivity index (χ0) is 21.5. The number of amides is 1. The molecular formula is C24H28N4O2S. The Balaban J connectivity index is 1.34. The summed E-state index contributed by atoms with van der Waals surface area (Å²) in [5.41, 5.74) is 10.0. The Morgan fingerprint density at radius 3 is 2.84 bits per heavy atom. The highest BCUT2D eigenvalue weighted by Crippen LogP contribution is 2.38. The first-order valence-corrected chi connectivity index (χ1v) is 11.8. The maximum atomic E-state index is 13.0. The van der Waals surface area contributed by atoms with Crippen LogP contribution in [-0.4, -0.2) is 36.6 Å². The van der Waals surface area contributed by atoms with Crippen molar-refractivity contribution in [2.75, 3.05) is 30.3 Å². The van der Waals surface area contributed by atoms with E-state index in [0.29, 0.717) is 17.2 Å². The number of fused-ring (bicyclic) bond motifs is 2. The first kappa shape index (κ1) is 20.1. The number of hydrogen-bond donors (Lipinski definition) is 2. The Bertz CT molecular complexity index is 1140. The van der Waals surface area contributed by atoms with Crippen LogP contribution in [0.3, 0.4) is 0 Å². The third kappa shape index (κ3) is 3.71. The maximum Gasteiger partial charge on any atom is 0.263 e. The quantitative estimate of drug-likeness (QED) is 0.633. The van der Waals surface area contributed by atoms with Crippen molar-refractivity contribution < 1.29 is 9.53 Å².